The SMILES string of the molecule is CC.CCc1ccc(C2(C#N)CC2)cc1. The maximum atomic E-state index is 8.99. The standard InChI is InChI=1S/C12H13N.C2H6/c1-2-10-3-5-11(6-4-10)12(9-13)7-8-12;1-2/h3-6H,2,7-8H2,1H3;1-2H3. The summed E-state index contributed by atoms with van der Waals surface area (Å²) in [5.74, 6) is 0. The molecular weight excluding hydrogens is 182 g/mol. The summed E-state index contributed by atoms with van der Waals surface area (Å²) in [4.78, 5) is 0. The first-order valence-electron chi connectivity index (χ1n) is 5.81. The van der Waals surface area contributed by atoms with Gasteiger partial charge in [-0.1, -0.05) is 45.0 Å². The highest BCUT2D eigenvalue weighted by molar-refractivity contribution is 5.39. The lowest BCUT2D eigenvalue weighted by atomic mass is 9.96. The first-order valence-corrected chi connectivity index (χ1v) is 5.81. The average Bonchev–Trinajstić information content (AvgIpc) is 3.13. The number of rotatable bonds is 2. The maximum absolute atomic E-state index is 8.99. The van der Waals surface area contributed by atoms with Crippen molar-refractivity contribution in [3.8, 4) is 6.07 Å². The summed E-state index contributed by atoms with van der Waals surface area (Å²) in [6.07, 6.45) is 3.14. The molecule has 0 unspecified atom stereocenters. The van der Waals surface area contributed by atoms with E-state index in [9.17, 15) is 0 Å². The molecule has 0 saturated heterocycles. The second kappa shape index (κ2) is 4.98. The smallest absolute Gasteiger partial charge is 0.0823 e. The number of hydrogen-bond donors (Lipinski definition) is 0. The first-order chi connectivity index (χ1) is 7.30. The van der Waals surface area contributed by atoms with Gasteiger partial charge in [0.2, 0.25) is 0 Å². The highest BCUT2D eigenvalue weighted by Crippen LogP contribution is 2.47. The van der Waals surface area contributed by atoms with E-state index in [4.69, 9.17) is 5.26 Å². The molecule has 15 heavy (non-hydrogen) atoms. The maximum Gasteiger partial charge on any atom is 0.0823 e. The molecule has 0 N–H and O–H groups in total. The third-order valence-corrected chi connectivity index (χ3v) is 2.88. The fraction of sp³-hybridized carbons (Fsp3) is 0.500. The number of aryl methyl sites for hydroxylation is 1. The third kappa shape index (κ3) is 2.39. The van der Waals surface area contributed by atoms with Gasteiger partial charge in [-0.2, -0.15) is 5.26 Å². The van der Waals surface area contributed by atoms with Gasteiger partial charge in [0.05, 0.1) is 11.5 Å². The van der Waals surface area contributed by atoms with Gasteiger partial charge in [-0.3, -0.25) is 0 Å². The molecule has 1 aliphatic rings. The third-order valence-electron chi connectivity index (χ3n) is 2.88. The lowest BCUT2D eigenvalue weighted by Gasteiger charge is -2.06. The Morgan fingerprint density at radius 2 is 1.73 bits per heavy atom. The van der Waals surface area contributed by atoms with Gasteiger partial charge in [-0.15, -0.1) is 0 Å². The number of benzene rings is 1. The predicted octanol–water partition coefficient (Wildman–Crippen LogP) is 3.83. The fourth-order valence-electron chi connectivity index (χ4n) is 1.65. The molecule has 1 nitrogen and oxygen atoms in total. The minimum Gasteiger partial charge on any atom is -0.197 e. The molecule has 1 aliphatic carbocycles. The molecule has 1 aromatic carbocycles. The Bertz CT molecular complexity index is 339. The summed E-state index contributed by atoms with van der Waals surface area (Å²) in [7, 11) is 0. The van der Waals surface area contributed by atoms with E-state index in [1.54, 1.807) is 0 Å². The molecule has 0 radical (unpaired) electrons. The second-order valence-corrected chi connectivity index (χ2v) is 3.74. The Kier molecular flexibility index (Phi) is 3.91. The summed E-state index contributed by atoms with van der Waals surface area (Å²) >= 11 is 0. The molecule has 0 heterocycles. The first kappa shape index (κ1) is 11.8. The molecule has 1 fully saturated rings. The van der Waals surface area contributed by atoms with Gasteiger partial charge in [-0.25, -0.2) is 0 Å². The average molecular weight is 201 g/mol. The molecule has 80 valence electrons. The van der Waals surface area contributed by atoms with E-state index in [2.05, 4.69) is 37.3 Å². The van der Waals surface area contributed by atoms with Crippen LogP contribution in [-0.4, -0.2) is 0 Å². The van der Waals surface area contributed by atoms with Gasteiger partial charge in [-0.05, 0) is 30.4 Å². The second-order valence-electron chi connectivity index (χ2n) is 3.74. The lowest BCUT2D eigenvalue weighted by Crippen LogP contribution is -2.01. The largest absolute Gasteiger partial charge is 0.197 e. The van der Waals surface area contributed by atoms with Gasteiger partial charge in [0.1, 0.15) is 0 Å². The van der Waals surface area contributed by atoms with Crippen molar-refractivity contribution >= 4 is 0 Å². The van der Waals surface area contributed by atoms with Crippen LogP contribution in [0.5, 0.6) is 0 Å². The Morgan fingerprint density at radius 3 is 2.07 bits per heavy atom. The van der Waals surface area contributed by atoms with Crippen LogP contribution in [0, 0.1) is 11.3 Å². The van der Waals surface area contributed by atoms with Gasteiger partial charge in [0.15, 0.2) is 0 Å². The Labute approximate surface area is 92.7 Å². The normalized spacial score (nSPS) is 15.9. The van der Waals surface area contributed by atoms with Crippen molar-refractivity contribution in [3.05, 3.63) is 35.4 Å². The van der Waals surface area contributed by atoms with Crippen molar-refractivity contribution in [2.24, 2.45) is 0 Å². The minimum absolute atomic E-state index is 0.119. The minimum atomic E-state index is -0.119. The van der Waals surface area contributed by atoms with Crippen molar-refractivity contribution in [2.75, 3.05) is 0 Å². The number of nitrogens with zero attached hydrogens (tertiary/aromatic N) is 1. The molecule has 1 aromatic rings. The zero-order valence-electron chi connectivity index (χ0n) is 9.88. The van der Waals surface area contributed by atoms with Crippen LogP contribution in [-0.2, 0) is 11.8 Å². The van der Waals surface area contributed by atoms with E-state index in [0.29, 0.717) is 0 Å². The van der Waals surface area contributed by atoms with E-state index >= 15 is 0 Å². The van der Waals surface area contributed by atoms with E-state index in [-0.39, 0.29) is 5.41 Å². The fourth-order valence-corrected chi connectivity index (χ4v) is 1.65. The summed E-state index contributed by atoms with van der Waals surface area (Å²) in [6.45, 7) is 6.15. The van der Waals surface area contributed by atoms with Gasteiger partial charge in [0.25, 0.3) is 0 Å². The van der Waals surface area contributed by atoms with Crippen LogP contribution in [0.1, 0.15) is 44.7 Å². The van der Waals surface area contributed by atoms with E-state index in [1.807, 2.05) is 13.8 Å². The monoisotopic (exact) mass is 201 g/mol. The van der Waals surface area contributed by atoms with Crippen molar-refractivity contribution < 1.29 is 0 Å². The Balaban J connectivity index is 0.000000531. The number of hydrogen-bond acceptors (Lipinski definition) is 1. The summed E-state index contributed by atoms with van der Waals surface area (Å²) in [5.41, 5.74) is 2.43. The van der Waals surface area contributed by atoms with Crippen LogP contribution in [0.3, 0.4) is 0 Å². The van der Waals surface area contributed by atoms with Gasteiger partial charge < -0.3 is 0 Å². The summed E-state index contributed by atoms with van der Waals surface area (Å²) < 4.78 is 0. The molecule has 0 atom stereocenters. The Morgan fingerprint density at radius 1 is 1.20 bits per heavy atom. The zero-order valence-corrected chi connectivity index (χ0v) is 9.88. The molecule has 1 saturated carbocycles. The summed E-state index contributed by atoms with van der Waals surface area (Å²) in [5, 5.41) is 8.99. The molecule has 0 aromatic heterocycles. The van der Waals surface area contributed by atoms with E-state index < -0.39 is 0 Å². The molecule has 1 heteroatoms. The van der Waals surface area contributed by atoms with Gasteiger partial charge in [0, 0.05) is 0 Å². The molecular formula is C14H19N. The zero-order chi connectivity index (χ0) is 11.3. The van der Waals surface area contributed by atoms with Crippen molar-refractivity contribution in [1.82, 2.24) is 0 Å². The van der Waals surface area contributed by atoms with Crippen LogP contribution in [0.15, 0.2) is 24.3 Å². The van der Waals surface area contributed by atoms with Gasteiger partial charge >= 0.3 is 0 Å². The summed E-state index contributed by atoms with van der Waals surface area (Å²) in [6, 6.07) is 10.9. The van der Waals surface area contributed by atoms with E-state index in [0.717, 1.165) is 19.3 Å². The van der Waals surface area contributed by atoms with Crippen molar-refractivity contribution in [2.45, 2.75) is 45.4 Å². The topological polar surface area (TPSA) is 23.8 Å². The predicted molar refractivity (Wildman–Crippen MR) is 63.7 cm³/mol. The van der Waals surface area contributed by atoms with Crippen molar-refractivity contribution in [3.63, 3.8) is 0 Å². The van der Waals surface area contributed by atoms with E-state index in [1.165, 1.54) is 11.1 Å². The van der Waals surface area contributed by atoms with Crippen LogP contribution in [0.2, 0.25) is 0 Å². The van der Waals surface area contributed by atoms with Crippen molar-refractivity contribution in [1.29, 1.82) is 5.26 Å². The highest BCUT2D eigenvalue weighted by Gasteiger charge is 2.44. The van der Waals surface area contributed by atoms with Crippen LogP contribution >= 0.6 is 0 Å². The molecule has 0 spiro atoms. The molecule has 0 aliphatic heterocycles. The van der Waals surface area contributed by atoms with Crippen LogP contribution in [0.4, 0.5) is 0 Å². The van der Waals surface area contributed by atoms with Crippen LogP contribution < -0.4 is 0 Å². The number of nitriles is 1. The molecule has 2 rings (SSSR count). The van der Waals surface area contributed by atoms with Crippen LogP contribution in [0.25, 0.3) is 0 Å². The highest BCUT2D eigenvalue weighted by atomic mass is 14.5. The molecule has 0 bridgehead atoms. The Hall–Kier alpha value is -1.29. The quantitative estimate of drug-likeness (QED) is 0.713. The lowest BCUT2D eigenvalue weighted by molar-refractivity contribution is 0.906. The molecule has 0 amide bonds.